The van der Waals surface area contributed by atoms with Gasteiger partial charge in [0.1, 0.15) is 0 Å². The predicted molar refractivity (Wildman–Crippen MR) is 99.9 cm³/mol. The quantitative estimate of drug-likeness (QED) is 0.621. The monoisotopic (exact) mass is 441 g/mol. The Morgan fingerprint density at radius 2 is 1.58 bits per heavy atom. The maximum absolute atomic E-state index is 12.5. The predicted octanol–water partition coefficient (Wildman–Crippen LogP) is 3.05. The van der Waals surface area contributed by atoms with Gasteiger partial charge in [0.05, 0.1) is 19.8 Å². The number of urea groups is 1. The zero-order chi connectivity index (χ0) is 17.7. The number of amides is 3. The van der Waals surface area contributed by atoms with Gasteiger partial charge in [0.2, 0.25) is 0 Å². The van der Waals surface area contributed by atoms with Crippen molar-refractivity contribution in [3.63, 3.8) is 0 Å². The molecule has 0 heterocycles. The topological polar surface area (TPSA) is 103 Å². The third kappa shape index (κ3) is 4.28. The Hall–Kier alpha value is -2.49. The Morgan fingerprint density at radius 3 is 2.17 bits per heavy atom. The van der Waals surface area contributed by atoms with Crippen molar-refractivity contribution in [1.82, 2.24) is 0 Å². The first-order valence-electron chi connectivity index (χ1n) is 6.84. The second-order valence-electron chi connectivity index (χ2n) is 4.71. The van der Waals surface area contributed by atoms with Crippen LogP contribution in [-0.4, -0.2) is 26.2 Å². The molecule has 0 radical (unpaired) electrons. The van der Waals surface area contributed by atoms with Crippen molar-refractivity contribution in [2.45, 2.75) is 0 Å². The van der Waals surface area contributed by atoms with Crippen LogP contribution in [0.15, 0.2) is 36.4 Å². The molecule has 0 aliphatic heterocycles. The molecule has 126 valence electrons. The zero-order valence-electron chi connectivity index (χ0n) is 13.1. The van der Waals surface area contributed by atoms with Crippen molar-refractivity contribution in [1.29, 1.82) is 0 Å². The highest BCUT2D eigenvalue weighted by atomic mass is 127. The van der Waals surface area contributed by atoms with Gasteiger partial charge in [0.15, 0.2) is 11.5 Å². The molecule has 2 rings (SSSR count). The highest BCUT2D eigenvalue weighted by molar-refractivity contribution is 14.1. The number of halogens is 1. The number of rotatable bonds is 5. The summed E-state index contributed by atoms with van der Waals surface area (Å²) in [6.07, 6.45) is 0. The minimum Gasteiger partial charge on any atom is -0.493 e. The zero-order valence-corrected chi connectivity index (χ0v) is 15.2. The van der Waals surface area contributed by atoms with E-state index >= 15 is 0 Å². The van der Waals surface area contributed by atoms with Gasteiger partial charge >= 0.3 is 6.03 Å². The summed E-state index contributed by atoms with van der Waals surface area (Å²) in [6.45, 7) is 0. The fourth-order valence-electron chi connectivity index (χ4n) is 2.04. The van der Waals surface area contributed by atoms with E-state index in [2.05, 4.69) is 33.2 Å². The summed E-state index contributed by atoms with van der Waals surface area (Å²) < 4.78 is 11.2. The lowest BCUT2D eigenvalue weighted by atomic mass is 10.1. The van der Waals surface area contributed by atoms with Gasteiger partial charge in [-0.1, -0.05) is 6.07 Å². The number of carbonyl (C=O) groups excluding carboxylic acids is 2. The van der Waals surface area contributed by atoms with E-state index in [0.29, 0.717) is 32.0 Å². The molecule has 0 fully saturated rings. The molecule has 7 nitrogen and oxygen atoms in total. The van der Waals surface area contributed by atoms with Crippen molar-refractivity contribution in [3.8, 4) is 11.5 Å². The molecule has 0 aliphatic carbocycles. The Bertz CT molecular complexity index is 780. The molecular weight excluding hydrogens is 425 g/mol. The van der Waals surface area contributed by atoms with E-state index in [1.807, 2.05) is 0 Å². The molecule has 0 bridgehead atoms. The van der Waals surface area contributed by atoms with E-state index in [-0.39, 0.29) is 5.91 Å². The minimum atomic E-state index is -0.673. The number of hydrogen-bond acceptors (Lipinski definition) is 4. The van der Waals surface area contributed by atoms with Gasteiger partial charge in [-0.25, -0.2) is 4.79 Å². The lowest BCUT2D eigenvalue weighted by Crippen LogP contribution is -2.19. The first-order valence-corrected chi connectivity index (χ1v) is 7.92. The van der Waals surface area contributed by atoms with Crippen LogP contribution >= 0.6 is 22.6 Å². The van der Waals surface area contributed by atoms with Crippen LogP contribution in [0.25, 0.3) is 0 Å². The molecule has 8 heteroatoms. The van der Waals surface area contributed by atoms with Gasteiger partial charge < -0.3 is 25.8 Å². The van der Waals surface area contributed by atoms with Crippen molar-refractivity contribution in [2.75, 3.05) is 24.9 Å². The van der Waals surface area contributed by atoms with E-state index in [1.165, 1.54) is 14.2 Å². The number of carbonyl (C=O) groups is 2. The molecule has 2 aromatic carbocycles. The maximum atomic E-state index is 12.5. The SMILES string of the molecule is COc1cc(I)c(C(=O)Nc2cccc(NC(N)=O)c2)cc1OC. The molecule has 0 spiro atoms. The third-order valence-electron chi connectivity index (χ3n) is 3.11. The normalized spacial score (nSPS) is 9.96. The molecule has 0 saturated carbocycles. The van der Waals surface area contributed by atoms with E-state index < -0.39 is 6.03 Å². The summed E-state index contributed by atoms with van der Waals surface area (Å²) >= 11 is 2.05. The number of hydrogen-bond donors (Lipinski definition) is 3. The molecule has 24 heavy (non-hydrogen) atoms. The van der Waals surface area contributed by atoms with Gasteiger partial charge in [-0.3, -0.25) is 4.79 Å². The average Bonchev–Trinajstić information content (AvgIpc) is 2.54. The fraction of sp³-hybridized carbons (Fsp3) is 0.125. The van der Waals surface area contributed by atoms with Gasteiger partial charge in [-0.15, -0.1) is 0 Å². The summed E-state index contributed by atoms with van der Waals surface area (Å²) in [4.78, 5) is 23.4. The molecular formula is C16H16IN3O4. The van der Waals surface area contributed by atoms with Crippen LogP contribution in [0, 0.1) is 3.57 Å². The van der Waals surface area contributed by atoms with Crippen LogP contribution in [0.5, 0.6) is 11.5 Å². The van der Waals surface area contributed by atoms with Crippen LogP contribution in [0.3, 0.4) is 0 Å². The molecule has 0 aliphatic rings. The summed E-state index contributed by atoms with van der Waals surface area (Å²) in [6, 6.07) is 9.34. The standard InChI is InChI=1S/C16H16IN3O4/c1-23-13-7-11(12(17)8-14(13)24-2)15(21)19-9-4-3-5-10(6-9)20-16(18)22/h3-8H,1-2H3,(H,19,21)(H3,18,20,22). The van der Waals surface area contributed by atoms with Crippen LogP contribution in [-0.2, 0) is 0 Å². The van der Waals surface area contributed by atoms with Gasteiger partial charge in [0, 0.05) is 14.9 Å². The molecule has 4 N–H and O–H groups in total. The van der Waals surface area contributed by atoms with E-state index in [4.69, 9.17) is 15.2 Å². The number of nitrogens with two attached hydrogens (primary N) is 1. The van der Waals surface area contributed by atoms with Crippen LogP contribution in [0.2, 0.25) is 0 Å². The fourth-order valence-corrected chi connectivity index (χ4v) is 2.73. The van der Waals surface area contributed by atoms with Crippen molar-refractivity contribution >= 4 is 45.9 Å². The molecule has 0 saturated heterocycles. The summed E-state index contributed by atoms with van der Waals surface area (Å²) in [7, 11) is 3.04. The Balaban J connectivity index is 2.25. The van der Waals surface area contributed by atoms with Crippen molar-refractivity contribution in [2.24, 2.45) is 5.73 Å². The number of methoxy groups -OCH3 is 2. The molecule has 0 aromatic heterocycles. The third-order valence-corrected chi connectivity index (χ3v) is 4.00. The Morgan fingerprint density at radius 1 is 1.00 bits per heavy atom. The minimum absolute atomic E-state index is 0.309. The largest absolute Gasteiger partial charge is 0.493 e. The van der Waals surface area contributed by atoms with E-state index in [0.717, 1.165) is 0 Å². The summed E-state index contributed by atoms with van der Waals surface area (Å²) in [5.74, 6) is 0.704. The molecule has 2 aromatic rings. The first-order chi connectivity index (χ1) is 11.4. The number of anilines is 2. The smallest absolute Gasteiger partial charge is 0.316 e. The highest BCUT2D eigenvalue weighted by Crippen LogP contribution is 2.31. The second-order valence-corrected chi connectivity index (χ2v) is 5.87. The Kier molecular flexibility index (Phi) is 5.85. The number of benzene rings is 2. The molecule has 0 atom stereocenters. The van der Waals surface area contributed by atoms with Crippen molar-refractivity contribution < 1.29 is 19.1 Å². The lowest BCUT2D eigenvalue weighted by molar-refractivity contribution is 0.102. The molecule has 0 unspecified atom stereocenters. The lowest BCUT2D eigenvalue weighted by Gasteiger charge is -2.12. The summed E-state index contributed by atoms with van der Waals surface area (Å²) in [5, 5.41) is 5.22. The van der Waals surface area contributed by atoms with Crippen LogP contribution in [0.4, 0.5) is 16.2 Å². The van der Waals surface area contributed by atoms with E-state index in [9.17, 15) is 9.59 Å². The maximum Gasteiger partial charge on any atom is 0.316 e. The summed E-state index contributed by atoms with van der Waals surface area (Å²) in [5.41, 5.74) is 6.54. The Labute approximate surface area is 152 Å². The number of nitrogens with one attached hydrogen (secondary N) is 2. The first kappa shape index (κ1) is 17.9. The second kappa shape index (κ2) is 7.86. The van der Waals surface area contributed by atoms with Gasteiger partial charge in [0.25, 0.3) is 5.91 Å². The molecule has 3 amide bonds. The van der Waals surface area contributed by atoms with Crippen LogP contribution < -0.4 is 25.8 Å². The van der Waals surface area contributed by atoms with Gasteiger partial charge in [-0.05, 0) is 52.9 Å². The van der Waals surface area contributed by atoms with Gasteiger partial charge in [-0.2, -0.15) is 0 Å². The average molecular weight is 441 g/mol. The number of primary amides is 1. The highest BCUT2D eigenvalue weighted by Gasteiger charge is 2.16. The van der Waals surface area contributed by atoms with E-state index in [1.54, 1.807) is 36.4 Å². The van der Waals surface area contributed by atoms with Crippen LogP contribution in [0.1, 0.15) is 10.4 Å². The number of ether oxygens (including phenoxy) is 2. The van der Waals surface area contributed by atoms with Crippen molar-refractivity contribution in [3.05, 3.63) is 45.5 Å².